The second-order valence-electron chi connectivity index (χ2n) is 7.67. The molecule has 1 aromatic heterocycles. The van der Waals surface area contributed by atoms with E-state index < -0.39 is 28.0 Å². The van der Waals surface area contributed by atoms with Crippen LogP contribution in [0, 0.1) is 0 Å². The van der Waals surface area contributed by atoms with Crippen LogP contribution in [0.15, 0.2) is 40.6 Å². The number of hydrogen-bond donors (Lipinski definition) is 1. The molecule has 1 N–H and O–H groups in total. The van der Waals surface area contributed by atoms with Gasteiger partial charge >= 0.3 is 5.97 Å². The summed E-state index contributed by atoms with van der Waals surface area (Å²) in [5.41, 5.74) is 0.0342. The Morgan fingerprint density at radius 3 is 2.72 bits per heavy atom. The molecule has 1 saturated heterocycles. The van der Waals surface area contributed by atoms with Gasteiger partial charge in [-0.15, -0.1) is 11.3 Å². The summed E-state index contributed by atoms with van der Waals surface area (Å²) in [5.74, 6) is -1.06. The molecule has 2 aromatic rings. The molecule has 10 heteroatoms. The number of nitrogens with one attached hydrogen (secondary N) is 1. The van der Waals surface area contributed by atoms with Gasteiger partial charge in [-0.25, -0.2) is 13.2 Å². The number of thiophene rings is 1. The van der Waals surface area contributed by atoms with Crippen molar-refractivity contribution in [3.8, 4) is 5.75 Å². The van der Waals surface area contributed by atoms with Gasteiger partial charge in [-0.2, -0.15) is 4.31 Å². The van der Waals surface area contributed by atoms with Gasteiger partial charge in [0.2, 0.25) is 10.0 Å². The molecule has 0 spiro atoms. The van der Waals surface area contributed by atoms with E-state index in [0.717, 1.165) is 24.1 Å². The van der Waals surface area contributed by atoms with Gasteiger partial charge in [0.05, 0.1) is 19.2 Å². The summed E-state index contributed by atoms with van der Waals surface area (Å²) >= 11 is 1.51. The van der Waals surface area contributed by atoms with Crippen molar-refractivity contribution in [2.45, 2.75) is 56.7 Å². The van der Waals surface area contributed by atoms with Gasteiger partial charge in [0.1, 0.15) is 10.6 Å². The van der Waals surface area contributed by atoms with Crippen molar-refractivity contribution < 1.29 is 27.5 Å². The van der Waals surface area contributed by atoms with Crippen LogP contribution >= 0.6 is 11.3 Å². The molecule has 1 aliphatic heterocycles. The highest BCUT2D eigenvalue weighted by Crippen LogP contribution is 2.32. The quantitative estimate of drug-likeness (QED) is 0.582. The monoisotopic (exact) mass is 480 g/mol. The third kappa shape index (κ3) is 5.48. The molecule has 174 valence electrons. The molecule has 1 amide bonds. The third-order valence-corrected chi connectivity index (χ3v) is 8.31. The fourth-order valence-electron chi connectivity index (χ4n) is 3.57. The average molecular weight is 481 g/mol. The number of nitrogens with zero attached hydrogens (tertiary/aromatic N) is 1. The lowest BCUT2D eigenvalue weighted by molar-refractivity contribution is -0.129. The van der Waals surface area contributed by atoms with Crippen molar-refractivity contribution >= 4 is 33.2 Å². The molecular formula is C22H28N2O6S2. The molecule has 2 unspecified atom stereocenters. The van der Waals surface area contributed by atoms with Crippen molar-refractivity contribution in [3.63, 3.8) is 0 Å². The maximum absolute atomic E-state index is 13.3. The lowest BCUT2D eigenvalue weighted by Crippen LogP contribution is -2.42. The second kappa shape index (κ2) is 10.5. The summed E-state index contributed by atoms with van der Waals surface area (Å²) in [6.07, 6.45) is 1.50. The predicted molar refractivity (Wildman–Crippen MR) is 121 cm³/mol. The first-order valence-electron chi connectivity index (χ1n) is 10.4. The minimum absolute atomic E-state index is 0.0342. The Morgan fingerprint density at radius 2 is 2.06 bits per heavy atom. The number of sulfonamides is 1. The van der Waals surface area contributed by atoms with Gasteiger partial charge in [-0.1, -0.05) is 12.5 Å². The number of esters is 1. The average Bonchev–Trinajstić information content (AvgIpc) is 3.30. The highest BCUT2D eigenvalue weighted by atomic mass is 32.2. The number of hydrogen-bond acceptors (Lipinski definition) is 7. The van der Waals surface area contributed by atoms with Crippen molar-refractivity contribution in [1.29, 1.82) is 0 Å². The fourth-order valence-corrected chi connectivity index (χ4v) is 6.10. The Morgan fingerprint density at radius 1 is 1.28 bits per heavy atom. The minimum Gasteiger partial charge on any atom is -0.495 e. The van der Waals surface area contributed by atoms with Gasteiger partial charge < -0.3 is 14.8 Å². The van der Waals surface area contributed by atoms with Crippen LogP contribution in [0.5, 0.6) is 5.75 Å². The van der Waals surface area contributed by atoms with Gasteiger partial charge in [0, 0.05) is 17.5 Å². The van der Waals surface area contributed by atoms with Crippen molar-refractivity contribution in [2.24, 2.45) is 0 Å². The van der Waals surface area contributed by atoms with Crippen LogP contribution in [0.1, 0.15) is 48.3 Å². The Bertz CT molecular complexity index is 1050. The zero-order valence-corrected chi connectivity index (χ0v) is 20.0. The lowest BCUT2D eigenvalue weighted by Gasteiger charge is -2.32. The summed E-state index contributed by atoms with van der Waals surface area (Å²) in [4.78, 5) is 25.8. The van der Waals surface area contributed by atoms with Crippen LogP contribution in [0.2, 0.25) is 0 Å². The molecule has 2 atom stereocenters. The largest absolute Gasteiger partial charge is 0.495 e. The van der Waals surface area contributed by atoms with Gasteiger partial charge in [0.15, 0.2) is 6.10 Å². The summed E-state index contributed by atoms with van der Waals surface area (Å²) in [6, 6.07) is 7.75. The number of methoxy groups -OCH3 is 1. The molecule has 1 fully saturated rings. The van der Waals surface area contributed by atoms with E-state index in [-0.39, 0.29) is 22.3 Å². The molecule has 1 aliphatic rings. The van der Waals surface area contributed by atoms with E-state index in [1.54, 1.807) is 0 Å². The molecule has 0 saturated carbocycles. The van der Waals surface area contributed by atoms with Gasteiger partial charge in [-0.3, -0.25) is 4.79 Å². The van der Waals surface area contributed by atoms with E-state index in [1.165, 1.54) is 47.9 Å². The number of amides is 1. The Hall–Kier alpha value is -2.43. The number of benzene rings is 1. The minimum atomic E-state index is -3.87. The first kappa shape index (κ1) is 24.2. The molecular weight excluding hydrogens is 452 g/mol. The Kier molecular flexibility index (Phi) is 7.91. The standard InChI is InChI=1S/C22H28N2O6S2/c1-15-7-4-5-11-24(15)32(27,28)20-13-17(9-10-19(20)29-3)22(26)30-16(2)21(25)23-14-18-8-6-12-31-18/h6,8-10,12-13,15-16H,4-5,7,11,14H2,1-3H3,(H,23,25). The van der Waals surface area contributed by atoms with E-state index >= 15 is 0 Å². The topological polar surface area (TPSA) is 102 Å². The Balaban J connectivity index is 1.75. The van der Waals surface area contributed by atoms with E-state index in [1.807, 2.05) is 24.4 Å². The Labute approximate surface area is 192 Å². The zero-order chi connectivity index (χ0) is 23.3. The lowest BCUT2D eigenvalue weighted by atomic mass is 10.1. The first-order chi connectivity index (χ1) is 15.2. The van der Waals surface area contributed by atoms with E-state index in [9.17, 15) is 18.0 Å². The van der Waals surface area contributed by atoms with E-state index in [2.05, 4.69) is 5.32 Å². The highest BCUT2D eigenvalue weighted by molar-refractivity contribution is 7.89. The molecule has 1 aromatic carbocycles. The van der Waals surface area contributed by atoms with Crippen molar-refractivity contribution in [1.82, 2.24) is 9.62 Å². The maximum atomic E-state index is 13.3. The highest BCUT2D eigenvalue weighted by Gasteiger charge is 2.34. The normalized spacial score (nSPS) is 18.0. The molecule has 2 heterocycles. The molecule has 8 nitrogen and oxygen atoms in total. The van der Waals surface area contributed by atoms with E-state index in [4.69, 9.17) is 9.47 Å². The third-order valence-electron chi connectivity index (χ3n) is 5.40. The predicted octanol–water partition coefficient (Wildman–Crippen LogP) is 3.18. The summed E-state index contributed by atoms with van der Waals surface area (Å²) < 4.78 is 38.6. The summed E-state index contributed by atoms with van der Waals surface area (Å²) in [7, 11) is -2.49. The van der Waals surface area contributed by atoms with Gasteiger partial charge in [-0.05, 0) is 56.3 Å². The van der Waals surface area contributed by atoms with Crippen molar-refractivity contribution in [2.75, 3.05) is 13.7 Å². The van der Waals surface area contributed by atoms with Gasteiger partial charge in [0.25, 0.3) is 5.91 Å². The summed E-state index contributed by atoms with van der Waals surface area (Å²) in [6.45, 7) is 4.11. The molecule has 32 heavy (non-hydrogen) atoms. The number of carbonyl (C=O) groups is 2. The first-order valence-corrected chi connectivity index (χ1v) is 12.8. The number of rotatable bonds is 8. The number of ether oxygens (including phenoxy) is 2. The number of piperidine rings is 1. The SMILES string of the molecule is COc1ccc(C(=O)OC(C)C(=O)NCc2cccs2)cc1S(=O)(=O)N1CCCCC1C. The summed E-state index contributed by atoms with van der Waals surface area (Å²) in [5, 5.41) is 4.62. The molecule has 0 radical (unpaired) electrons. The molecule has 0 aliphatic carbocycles. The van der Waals surface area contributed by atoms with Crippen LogP contribution in [-0.4, -0.2) is 50.4 Å². The van der Waals surface area contributed by atoms with Crippen LogP contribution in [0.25, 0.3) is 0 Å². The van der Waals surface area contributed by atoms with Crippen LogP contribution in [-0.2, 0) is 26.1 Å². The second-order valence-corrected chi connectivity index (χ2v) is 10.6. The smallest absolute Gasteiger partial charge is 0.338 e. The van der Waals surface area contributed by atoms with Crippen LogP contribution in [0.4, 0.5) is 0 Å². The van der Waals surface area contributed by atoms with E-state index in [0.29, 0.717) is 13.1 Å². The molecule has 3 rings (SSSR count). The maximum Gasteiger partial charge on any atom is 0.338 e. The van der Waals surface area contributed by atoms with Crippen LogP contribution in [0.3, 0.4) is 0 Å². The van der Waals surface area contributed by atoms with Crippen molar-refractivity contribution in [3.05, 3.63) is 46.2 Å². The molecule has 0 bridgehead atoms. The van der Waals surface area contributed by atoms with Crippen LogP contribution < -0.4 is 10.1 Å². The zero-order valence-electron chi connectivity index (χ0n) is 18.4. The fraction of sp³-hybridized carbons (Fsp3) is 0.455. The number of carbonyl (C=O) groups excluding carboxylic acids is 2.